The molecular formula is C17H17F3N2O4S2. The molecular weight excluding hydrogens is 417 g/mol. The van der Waals surface area contributed by atoms with Crippen molar-refractivity contribution in [2.45, 2.75) is 31.2 Å². The Balaban J connectivity index is 2.28. The lowest BCUT2D eigenvalue weighted by Gasteiger charge is -2.19. The van der Waals surface area contributed by atoms with Gasteiger partial charge >= 0.3 is 12.1 Å². The topological polar surface area (TPSA) is 85.4 Å². The number of anilines is 1. The fourth-order valence-corrected chi connectivity index (χ4v) is 4.54. The molecule has 6 nitrogen and oxygen atoms in total. The van der Waals surface area contributed by atoms with Crippen LogP contribution in [0.15, 0.2) is 42.3 Å². The summed E-state index contributed by atoms with van der Waals surface area (Å²) in [6.45, 7) is 5.15. The smallest absolute Gasteiger partial charge is 0.406 e. The molecule has 1 unspecified atom stereocenters. The highest BCUT2D eigenvalue weighted by molar-refractivity contribution is 7.93. The van der Waals surface area contributed by atoms with Crippen LogP contribution >= 0.6 is 11.3 Å². The first-order valence-corrected chi connectivity index (χ1v) is 10.5. The molecule has 0 saturated heterocycles. The molecule has 2 aromatic rings. The van der Waals surface area contributed by atoms with Gasteiger partial charge in [-0.15, -0.1) is 17.9 Å². The van der Waals surface area contributed by atoms with Crippen molar-refractivity contribution in [2.75, 3.05) is 4.72 Å². The molecule has 0 aliphatic carbocycles. The molecule has 0 fully saturated rings. The molecule has 1 heterocycles. The number of halogens is 3. The third-order valence-corrected chi connectivity index (χ3v) is 5.96. The lowest BCUT2D eigenvalue weighted by Crippen LogP contribution is -2.22. The zero-order valence-corrected chi connectivity index (χ0v) is 16.3. The number of carbonyl (C=O) groups is 1. The molecule has 152 valence electrons. The number of ether oxygens (including phenoxy) is 1. The maximum atomic E-state index is 13.2. The highest BCUT2D eigenvalue weighted by Crippen LogP contribution is 2.38. The van der Waals surface area contributed by atoms with Crippen molar-refractivity contribution in [3.63, 3.8) is 0 Å². The average Bonchev–Trinajstić information content (AvgIpc) is 3.01. The Hall–Kier alpha value is -2.40. The van der Waals surface area contributed by atoms with Crippen LogP contribution in [0.5, 0.6) is 5.88 Å². The predicted molar refractivity (Wildman–Crippen MR) is 99.6 cm³/mol. The number of esters is 1. The van der Waals surface area contributed by atoms with Gasteiger partial charge < -0.3 is 4.74 Å². The van der Waals surface area contributed by atoms with Gasteiger partial charge in [0.25, 0.3) is 0 Å². The molecule has 0 bridgehead atoms. The van der Waals surface area contributed by atoms with Crippen LogP contribution in [0.25, 0.3) is 0 Å². The average molecular weight is 434 g/mol. The van der Waals surface area contributed by atoms with E-state index in [9.17, 15) is 26.4 Å². The number of sulfonamides is 1. The first-order valence-electron chi connectivity index (χ1n) is 8.05. The van der Waals surface area contributed by atoms with Crippen LogP contribution in [0.2, 0.25) is 0 Å². The van der Waals surface area contributed by atoms with Crippen molar-refractivity contribution in [3.8, 4) is 5.88 Å². The van der Waals surface area contributed by atoms with Crippen LogP contribution in [0, 0.1) is 0 Å². The summed E-state index contributed by atoms with van der Waals surface area (Å²) in [7, 11) is -4.35. The molecule has 11 heteroatoms. The van der Waals surface area contributed by atoms with Crippen molar-refractivity contribution >= 4 is 32.5 Å². The Morgan fingerprint density at radius 1 is 1.39 bits per heavy atom. The van der Waals surface area contributed by atoms with Gasteiger partial charge in [-0.3, -0.25) is 9.52 Å². The molecule has 0 saturated carbocycles. The van der Waals surface area contributed by atoms with E-state index in [1.807, 2.05) is 0 Å². The second-order valence-electron chi connectivity index (χ2n) is 5.60. The number of aromatic nitrogens is 1. The van der Waals surface area contributed by atoms with Crippen LogP contribution in [0.3, 0.4) is 0 Å². The fourth-order valence-electron chi connectivity index (χ4n) is 2.33. The fraction of sp³-hybridized carbons (Fsp3) is 0.294. The normalized spacial score (nSPS) is 13.0. The second-order valence-corrected chi connectivity index (χ2v) is 8.26. The second kappa shape index (κ2) is 8.74. The SMILES string of the molecule is C=CC(c1ccccc1C(F)(F)F)S(=O)(=O)Nc1nc(OC(=O)CCC)cs1. The van der Waals surface area contributed by atoms with E-state index in [1.165, 1.54) is 17.5 Å². The first-order chi connectivity index (χ1) is 13.1. The highest BCUT2D eigenvalue weighted by atomic mass is 32.2. The molecule has 2 rings (SSSR count). The van der Waals surface area contributed by atoms with Crippen LogP contribution in [-0.2, 0) is 21.0 Å². The van der Waals surface area contributed by atoms with Crippen molar-refractivity contribution in [3.05, 3.63) is 53.4 Å². The van der Waals surface area contributed by atoms with Gasteiger partial charge in [-0.1, -0.05) is 31.2 Å². The third-order valence-electron chi connectivity index (χ3n) is 3.51. The number of nitrogens with zero attached hydrogens (tertiary/aromatic N) is 1. The summed E-state index contributed by atoms with van der Waals surface area (Å²) in [4.78, 5) is 15.3. The number of thiazole rings is 1. The maximum Gasteiger partial charge on any atom is 0.416 e. The molecule has 0 spiro atoms. The van der Waals surface area contributed by atoms with Crippen LogP contribution in [0.4, 0.5) is 18.3 Å². The quantitative estimate of drug-likeness (QED) is 0.487. The molecule has 1 aromatic heterocycles. The van der Waals surface area contributed by atoms with Gasteiger partial charge in [0.15, 0.2) is 5.13 Å². The van der Waals surface area contributed by atoms with E-state index >= 15 is 0 Å². The monoisotopic (exact) mass is 434 g/mol. The van der Waals surface area contributed by atoms with E-state index in [4.69, 9.17) is 4.74 Å². The van der Waals surface area contributed by atoms with E-state index in [2.05, 4.69) is 16.3 Å². The zero-order chi connectivity index (χ0) is 20.9. The largest absolute Gasteiger partial charge is 0.416 e. The van der Waals surface area contributed by atoms with Crippen LogP contribution < -0.4 is 9.46 Å². The zero-order valence-electron chi connectivity index (χ0n) is 14.7. The van der Waals surface area contributed by atoms with Gasteiger partial charge in [0.1, 0.15) is 5.25 Å². The van der Waals surface area contributed by atoms with Gasteiger partial charge in [-0.25, -0.2) is 8.42 Å². The Labute approximate surface area is 164 Å². The minimum atomic E-state index is -4.73. The molecule has 0 aliphatic heterocycles. The van der Waals surface area contributed by atoms with Crippen molar-refractivity contribution < 1.29 is 31.1 Å². The number of hydrogen-bond donors (Lipinski definition) is 1. The van der Waals surface area contributed by atoms with Crippen LogP contribution in [0.1, 0.15) is 36.1 Å². The Morgan fingerprint density at radius 2 is 2.07 bits per heavy atom. The number of alkyl halides is 3. The Kier molecular flexibility index (Phi) is 6.83. The minimum Gasteiger partial charge on any atom is -0.406 e. The predicted octanol–water partition coefficient (Wildman–Crippen LogP) is 4.54. The Bertz CT molecular complexity index is 955. The lowest BCUT2D eigenvalue weighted by atomic mass is 10.0. The highest BCUT2D eigenvalue weighted by Gasteiger charge is 2.38. The van der Waals surface area contributed by atoms with Crippen molar-refractivity contribution in [1.29, 1.82) is 0 Å². The standard InChI is InChI=1S/C17H17F3N2O4S2/c1-3-7-15(23)26-14-10-27-16(21-14)22-28(24,25)13(4-2)11-8-5-6-9-12(11)17(18,19)20/h4-6,8-10,13H,2-3,7H2,1H3,(H,21,22). The summed E-state index contributed by atoms with van der Waals surface area (Å²) in [6.07, 6.45) is -3.08. The third kappa shape index (κ3) is 5.32. The maximum absolute atomic E-state index is 13.2. The van der Waals surface area contributed by atoms with Gasteiger partial charge in [0.2, 0.25) is 15.9 Å². The van der Waals surface area contributed by atoms with E-state index in [0.717, 1.165) is 29.5 Å². The van der Waals surface area contributed by atoms with Gasteiger partial charge in [-0.2, -0.15) is 18.2 Å². The van der Waals surface area contributed by atoms with Crippen LogP contribution in [-0.4, -0.2) is 19.4 Å². The number of hydrogen-bond acceptors (Lipinski definition) is 6. The summed E-state index contributed by atoms with van der Waals surface area (Å²) < 4.78 is 72.1. The number of nitrogens with one attached hydrogen (secondary N) is 1. The molecule has 0 radical (unpaired) electrons. The molecule has 1 aromatic carbocycles. The number of carbonyl (C=O) groups excluding carboxylic acids is 1. The van der Waals surface area contributed by atoms with E-state index in [-0.39, 0.29) is 17.4 Å². The Morgan fingerprint density at radius 3 is 2.68 bits per heavy atom. The summed E-state index contributed by atoms with van der Waals surface area (Å²) in [6, 6.07) is 4.36. The molecule has 1 atom stereocenters. The van der Waals surface area contributed by atoms with Gasteiger partial charge in [0, 0.05) is 6.42 Å². The first kappa shape index (κ1) is 21.9. The molecule has 28 heavy (non-hydrogen) atoms. The lowest BCUT2D eigenvalue weighted by molar-refractivity contribution is -0.138. The number of rotatable bonds is 8. The van der Waals surface area contributed by atoms with Gasteiger partial charge in [0.05, 0.1) is 10.9 Å². The summed E-state index contributed by atoms with van der Waals surface area (Å²) in [5, 5.41) is -0.492. The minimum absolute atomic E-state index is 0.0907. The van der Waals surface area contributed by atoms with E-state index in [1.54, 1.807) is 6.92 Å². The van der Waals surface area contributed by atoms with Crippen molar-refractivity contribution in [2.24, 2.45) is 0 Å². The summed E-state index contributed by atoms with van der Waals surface area (Å²) in [5.74, 6) is -0.614. The summed E-state index contributed by atoms with van der Waals surface area (Å²) >= 11 is 0.834. The van der Waals surface area contributed by atoms with E-state index < -0.39 is 38.5 Å². The molecule has 0 aliphatic rings. The summed E-state index contributed by atoms with van der Waals surface area (Å²) in [5.41, 5.74) is -1.53. The molecule has 1 N–H and O–H groups in total. The number of benzene rings is 1. The molecule has 0 amide bonds. The van der Waals surface area contributed by atoms with Gasteiger partial charge in [-0.05, 0) is 18.1 Å². The van der Waals surface area contributed by atoms with E-state index in [0.29, 0.717) is 6.42 Å². The van der Waals surface area contributed by atoms with Crippen molar-refractivity contribution in [1.82, 2.24) is 4.98 Å².